The third-order valence-corrected chi connectivity index (χ3v) is 5.37. The molecule has 2 heterocycles. The van der Waals surface area contributed by atoms with Gasteiger partial charge in [0, 0.05) is 10.4 Å². The molecule has 1 unspecified atom stereocenters. The lowest BCUT2D eigenvalue weighted by molar-refractivity contribution is 0.0834. The Kier molecular flexibility index (Phi) is 5.01. The Labute approximate surface area is 121 Å². The maximum Gasteiger partial charge on any atom is 0.0649 e. The summed E-state index contributed by atoms with van der Waals surface area (Å²) in [5, 5.41) is 2.16. The molecule has 3 N–H and O–H groups in total. The van der Waals surface area contributed by atoms with E-state index in [1.54, 1.807) is 11.3 Å². The fourth-order valence-corrected chi connectivity index (χ4v) is 3.94. The van der Waals surface area contributed by atoms with Crippen LogP contribution in [0.5, 0.6) is 0 Å². The molecule has 1 aromatic rings. The number of thiophene rings is 1. The summed E-state index contributed by atoms with van der Waals surface area (Å²) in [6.45, 7) is 9.20. The van der Waals surface area contributed by atoms with Gasteiger partial charge in [-0.1, -0.05) is 12.8 Å². The van der Waals surface area contributed by atoms with Crippen LogP contribution in [-0.2, 0) is 0 Å². The molecule has 1 atom stereocenters. The van der Waals surface area contributed by atoms with E-state index in [1.807, 2.05) is 0 Å². The molecule has 1 aliphatic heterocycles. The molecule has 0 amide bonds. The largest absolute Gasteiger partial charge is 0.296 e. The Hall–Kier alpha value is -0.420. The van der Waals surface area contributed by atoms with Crippen LogP contribution in [0.3, 0.4) is 0 Å². The molecule has 3 nitrogen and oxygen atoms in total. The molecular formula is C15H27N3S. The normalized spacial score (nSPS) is 20.2. The maximum atomic E-state index is 5.89. The number of nitrogens with two attached hydrogens (primary N) is 1. The first kappa shape index (κ1) is 15.0. The van der Waals surface area contributed by atoms with E-state index in [9.17, 15) is 0 Å². The van der Waals surface area contributed by atoms with E-state index in [-0.39, 0.29) is 11.6 Å². The molecule has 0 radical (unpaired) electrons. The lowest BCUT2D eigenvalue weighted by Crippen LogP contribution is -2.54. The van der Waals surface area contributed by atoms with Gasteiger partial charge in [0.15, 0.2) is 0 Å². The van der Waals surface area contributed by atoms with Crippen LogP contribution < -0.4 is 11.3 Å². The minimum absolute atomic E-state index is 0.0466. The van der Waals surface area contributed by atoms with Crippen molar-refractivity contribution in [1.29, 1.82) is 0 Å². The van der Waals surface area contributed by atoms with Crippen molar-refractivity contribution in [2.75, 3.05) is 13.1 Å². The van der Waals surface area contributed by atoms with Crippen molar-refractivity contribution in [3.63, 3.8) is 0 Å². The summed E-state index contributed by atoms with van der Waals surface area (Å²) in [7, 11) is 0. The zero-order valence-electron chi connectivity index (χ0n) is 12.4. The second kappa shape index (κ2) is 6.35. The van der Waals surface area contributed by atoms with Gasteiger partial charge in [0.1, 0.15) is 0 Å². The topological polar surface area (TPSA) is 41.3 Å². The number of hydrazine groups is 1. The van der Waals surface area contributed by atoms with E-state index >= 15 is 0 Å². The van der Waals surface area contributed by atoms with Gasteiger partial charge in [-0.05, 0) is 63.7 Å². The Bertz CT molecular complexity index is 392. The zero-order valence-corrected chi connectivity index (χ0v) is 13.2. The van der Waals surface area contributed by atoms with Gasteiger partial charge in [0.05, 0.1) is 6.04 Å². The predicted octanol–water partition coefficient (Wildman–Crippen LogP) is 3.22. The molecule has 1 aromatic heterocycles. The van der Waals surface area contributed by atoms with Crippen LogP contribution >= 0.6 is 11.3 Å². The fourth-order valence-electron chi connectivity index (χ4n) is 3.20. The summed E-state index contributed by atoms with van der Waals surface area (Å²) < 4.78 is 0. The second-order valence-corrected chi connectivity index (χ2v) is 7.21. The van der Waals surface area contributed by atoms with Crippen LogP contribution in [0, 0.1) is 6.92 Å². The highest BCUT2D eigenvalue weighted by Gasteiger charge is 2.36. The summed E-state index contributed by atoms with van der Waals surface area (Å²) in [5.41, 5.74) is 4.46. The second-order valence-electron chi connectivity index (χ2n) is 6.09. The molecule has 108 valence electrons. The maximum absolute atomic E-state index is 5.89. The van der Waals surface area contributed by atoms with Gasteiger partial charge in [-0.3, -0.25) is 16.2 Å². The molecule has 1 fully saturated rings. The first-order valence-corrected chi connectivity index (χ1v) is 8.20. The van der Waals surface area contributed by atoms with Gasteiger partial charge >= 0.3 is 0 Å². The van der Waals surface area contributed by atoms with Crippen molar-refractivity contribution >= 4 is 11.3 Å². The summed E-state index contributed by atoms with van der Waals surface area (Å²) >= 11 is 1.80. The molecule has 1 saturated heterocycles. The molecule has 2 rings (SSSR count). The number of aryl methyl sites for hydroxylation is 1. The van der Waals surface area contributed by atoms with Gasteiger partial charge in [-0.2, -0.15) is 0 Å². The van der Waals surface area contributed by atoms with Crippen molar-refractivity contribution in [3.8, 4) is 0 Å². The van der Waals surface area contributed by atoms with Gasteiger partial charge in [0.25, 0.3) is 0 Å². The molecule has 1 aliphatic rings. The molecule has 0 saturated carbocycles. The van der Waals surface area contributed by atoms with E-state index in [0.717, 1.165) is 0 Å². The fraction of sp³-hybridized carbons (Fsp3) is 0.733. The Morgan fingerprint density at radius 2 is 1.89 bits per heavy atom. The highest BCUT2D eigenvalue weighted by molar-refractivity contribution is 7.10. The van der Waals surface area contributed by atoms with E-state index in [1.165, 1.54) is 49.2 Å². The Balaban J connectivity index is 2.22. The van der Waals surface area contributed by atoms with Crippen LogP contribution in [0.25, 0.3) is 0 Å². The monoisotopic (exact) mass is 281 g/mol. The SMILES string of the molecule is Cc1sccc1C(NN)C(C)(C)N1CCCCCC1. The van der Waals surface area contributed by atoms with Gasteiger partial charge in [-0.25, -0.2) is 0 Å². The minimum atomic E-state index is 0.0466. The molecule has 0 aliphatic carbocycles. The number of likely N-dealkylation sites (tertiary alicyclic amines) is 1. The number of nitrogens with zero attached hydrogens (tertiary/aromatic N) is 1. The van der Waals surface area contributed by atoms with Crippen LogP contribution in [0.15, 0.2) is 11.4 Å². The molecular weight excluding hydrogens is 254 g/mol. The summed E-state index contributed by atoms with van der Waals surface area (Å²) in [4.78, 5) is 3.98. The highest BCUT2D eigenvalue weighted by Crippen LogP contribution is 2.35. The third-order valence-electron chi connectivity index (χ3n) is 4.50. The first-order chi connectivity index (χ1) is 9.07. The Morgan fingerprint density at radius 3 is 2.37 bits per heavy atom. The third kappa shape index (κ3) is 3.19. The van der Waals surface area contributed by atoms with Crippen molar-refractivity contribution in [3.05, 3.63) is 21.9 Å². The van der Waals surface area contributed by atoms with E-state index in [0.29, 0.717) is 0 Å². The van der Waals surface area contributed by atoms with Gasteiger partial charge in [-0.15, -0.1) is 11.3 Å². The quantitative estimate of drug-likeness (QED) is 0.658. The molecule has 0 aromatic carbocycles. The lowest BCUT2D eigenvalue weighted by atomic mass is 9.87. The van der Waals surface area contributed by atoms with E-state index in [4.69, 9.17) is 5.84 Å². The van der Waals surface area contributed by atoms with Gasteiger partial charge < -0.3 is 0 Å². The summed E-state index contributed by atoms with van der Waals surface area (Å²) in [5.74, 6) is 5.89. The lowest BCUT2D eigenvalue weighted by Gasteiger charge is -2.43. The smallest absolute Gasteiger partial charge is 0.0649 e. The van der Waals surface area contributed by atoms with Crippen LogP contribution in [0.4, 0.5) is 0 Å². The predicted molar refractivity (Wildman–Crippen MR) is 83.2 cm³/mol. The summed E-state index contributed by atoms with van der Waals surface area (Å²) in [6, 6.07) is 2.40. The molecule has 19 heavy (non-hydrogen) atoms. The molecule has 0 spiro atoms. The number of nitrogens with one attached hydrogen (secondary N) is 1. The van der Waals surface area contributed by atoms with E-state index < -0.39 is 0 Å². The molecule has 4 heteroatoms. The Morgan fingerprint density at radius 1 is 1.26 bits per heavy atom. The highest BCUT2D eigenvalue weighted by atomic mass is 32.1. The average molecular weight is 281 g/mol. The van der Waals surface area contributed by atoms with Crippen molar-refractivity contribution in [2.45, 2.75) is 58.0 Å². The van der Waals surface area contributed by atoms with Crippen LogP contribution in [0.2, 0.25) is 0 Å². The minimum Gasteiger partial charge on any atom is -0.296 e. The summed E-state index contributed by atoms with van der Waals surface area (Å²) in [6.07, 6.45) is 5.35. The van der Waals surface area contributed by atoms with Crippen molar-refractivity contribution in [1.82, 2.24) is 10.3 Å². The van der Waals surface area contributed by atoms with Crippen molar-refractivity contribution in [2.24, 2.45) is 5.84 Å². The standard InChI is InChI=1S/C15H27N3S/c1-12-13(8-11-19-12)14(17-16)15(2,3)18-9-6-4-5-7-10-18/h8,11,14,17H,4-7,9-10,16H2,1-3H3. The van der Waals surface area contributed by atoms with E-state index in [2.05, 4.69) is 42.5 Å². The molecule has 0 bridgehead atoms. The number of rotatable bonds is 4. The average Bonchev–Trinajstić information content (AvgIpc) is 2.66. The van der Waals surface area contributed by atoms with Crippen LogP contribution in [0.1, 0.15) is 56.0 Å². The zero-order chi connectivity index (χ0) is 13.9. The van der Waals surface area contributed by atoms with Crippen LogP contribution in [-0.4, -0.2) is 23.5 Å². The number of hydrogen-bond donors (Lipinski definition) is 2. The number of hydrogen-bond acceptors (Lipinski definition) is 4. The first-order valence-electron chi connectivity index (χ1n) is 7.32. The van der Waals surface area contributed by atoms with Crippen molar-refractivity contribution < 1.29 is 0 Å². The van der Waals surface area contributed by atoms with Gasteiger partial charge in [0.2, 0.25) is 0 Å².